The average molecular weight is 363 g/mol. The number of halogens is 1. The van der Waals surface area contributed by atoms with E-state index in [1.54, 1.807) is 12.1 Å². The second kappa shape index (κ2) is 9.89. The Morgan fingerprint density at radius 2 is 1.63 bits per heavy atom. The van der Waals surface area contributed by atoms with Crippen molar-refractivity contribution in [3.63, 3.8) is 0 Å². The van der Waals surface area contributed by atoms with E-state index in [0.717, 1.165) is 30.7 Å². The SMILES string of the molecule is C[C@@H](CCc1ccccc1)NCc1cccc(OCc2ccccc2F)c1. The maximum atomic E-state index is 13.7. The Kier molecular flexibility index (Phi) is 7.00. The molecule has 3 heteroatoms. The molecule has 0 aliphatic rings. The van der Waals surface area contributed by atoms with Gasteiger partial charge in [-0.05, 0) is 49.1 Å². The van der Waals surface area contributed by atoms with Crippen molar-refractivity contribution in [2.24, 2.45) is 0 Å². The summed E-state index contributed by atoms with van der Waals surface area (Å²) in [7, 11) is 0. The molecule has 3 aromatic rings. The number of ether oxygens (including phenoxy) is 1. The normalized spacial score (nSPS) is 11.9. The van der Waals surface area contributed by atoms with Crippen LogP contribution in [0.1, 0.15) is 30.0 Å². The molecule has 0 radical (unpaired) electrons. The molecule has 0 saturated heterocycles. The molecule has 0 bridgehead atoms. The molecule has 140 valence electrons. The lowest BCUT2D eigenvalue weighted by atomic mass is 10.1. The summed E-state index contributed by atoms with van der Waals surface area (Å²) in [5, 5.41) is 3.56. The van der Waals surface area contributed by atoms with Crippen molar-refractivity contribution in [3.8, 4) is 5.75 Å². The van der Waals surface area contributed by atoms with E-state index in [9.17, 15) is 4.39 Å². The molecule has 0 aliphatic carbocycles. The van der Waals surface area contributed by atoms with Crippen LogP contribution >= 0.6 is 0 Å². The second-order valence-corrected chi connectivity index (χ2v) is 6.83. The highest BCUT2D eigenvalue weighted by molar-refractivity contribution is 5.29. The average Bonchev–Trinajstić information content (AvgIpc) is 2.71. The molecule has 3 aromatic carbocycles. The van der Waals surface area contributed by atoms with Crippen LogP contribution in [0.3, 0.4) is 0 Å². The lowest BCUT2D eigenvalue weighted by Gasteiger charge is -2.14. The topological polar surface area (TPSA) is 21.3 Å². The van der Waals surface area contributed by atoms with Crippen molar-refractivity contribution in [2.45, 2.75) is 39.0 Å². The van der Waals surface area contributed by atoms with E-state index in [1.165, 1.54) is 11.6 Å². The number of benzene rings is 3. The highest BCUT2D eigenvalue weighted by Crippen LogP contribution is 2.17. The van der Waals surface area contributed by atoms with Crippen molar-refractivity contribution in [1.29, 1.82) is 0 Å². The zero-order chi connectivity index (χ0) is 18.9. The first-order valence-electron chi connectivity index (χ1n) is 9.43. The summed E-state index contributed by atoms with van der Waals surface area (Å²) in [6, 6.07) is 25.6. The summed E-state index contributed by atoms with van der Waals surface area (Å²) in [6.45, 7) is 3.23. The molecule has 3 rings (SSSR count). The first kappa shape index (κ1) is 19.1. The van der Waals surface area contributed by atoms with Gasteiger partial charge in [0.2, 0.25) is 0 Å². The third kappa shape index (κ3) is 6.22. The van der Waals surface area contributed by atoms with Crippen LogP contribution in [0.2, 0.25) is 0 Å². The van der Waals surface area contributed by atoms with Crippen LogP contribution < -0.4 is 10.1 Å². The van der Waals surface area contributed by atoms with Crippen molar-refractivity contribution >= 4 is 0 Å². The molecular formula is C24H26FNO. The number of hydrogen-bond acceptors (Lipinski definition) is 2. The van der Waals surface area contributed by atoms with E-state index >= 15 is 0 Å². The Morgan fingerprint density at radius 3 is 2.44 bits per heavy atom. The summed E-state index contributed by atoms with van der Waals surface area (Å²) in [5.41, 5.74) is 3.10. The molecule has 0 spiro atoms. The van der Waals surface area contributed by atoms with Crippen LogP contribution in [-0.4, -0.2) is 6.04 Å². The van der Waals surface area contributed by atoms with Crippen LogP contribution in [0.5, 0.6) is 5.75 Å². The Balaban J connectivity index is 1.46. The van der Waals surface area contributed by atoms with Crippen molar-refractivity contribution < 1.29 is 9.13 Å². The van der Waals surface area contributed by atoms with Crippen LogP contribution in [-0.2, 0) is 19.6 Å². The monoisotopic (exact) mass is 363 g/mol. The molecule has 0 heterocycles. The maximum Gasteiger partial charge on any atom is 0.129 e. The minimum Gasteiger partial charge on any atom is -0.489 e. The molecular weight excluding hydrogens is 337 g/mol. The minimum absolute atomic E-state index is 0.233. The summed E-state index contributed by atoms with van der Waals surface area (Å²) >= 11 is 0. The number of rotatable bonds is 9. The Bertz CT molecular complexity index is 835. The number of aryl methyl sites for hydroxylation is 1. The van der Waals surface area contributed by atoms with E-state index in [1.807, 2.05) is 30.3 Å². The quantitative estimate of drug-likeness (QED) is 0.541. The van der Waals surface area contributed by atoms with Gasteiger partial charge in [-0.2, -0.15) is 0 Å². The van der Waals surface area contributed by atoms with Gasteiger partial charge in [0.1, 0.15) is 18.2 Å². The predicted octanol–water partition coefficient (Wildman–Crippen LogP) is 5.52. The van der Waals surface area contributed by atoms with E-state index in [4.69, 9.17) is 4.74 Å². The molecule has 1 atom stereocenters. The Labute approximate surface area is 161 Å². The highest BCUT2D eigenvalue weighted by atomic mass is 19.1. The predicted molar refractivity (Wildman–Crippen MR) is 108 cm³/mol. The van der Waals surface area contributed by atoms with Crippen molar-refractivity contribution in [3.05, 3.63) is 101 Å². The third-order valence-corrected chi connectivity index (χ3v) is 4.61. The molecule has 0 amide bonds. The lowest BCUT2D eigenvalue weighted by Crippen LogP contribution is -2.25. The maximum absolute atomic E-state index is 13.7. The highest BCUT2D eigenvalue weighted by Gasteiger charge is 2.05. The molecule has 0 aliphatic heterocycles. The van der Waals surface area contributed by atoms with E-state index in [2.05, 4.69) is 42.6 Å². The fourth-order valence-electron chi connectivity index (χ4n) is 2.94. The van der Waals surface area contributed by atoms with E-state index in [-0.39, 0.29) is 12.4 Å². The van der Waals surface area contributed by atoms with E-state index in [0.29, 0.717) is 11.6 Å². The first-order chi connectivity index (χ1) is 13.2. The molecule has 0 unspecified atom stereocenters. The van der Waals surface area contributed by atoms with E-state index < -0.39 is 0 Å². The van der Waals surface area contributed by atoms with Gasteiger partial charge >= 0.3 is 0 Å². The molecule has 2 nitrogen and oxygen atoms in total. The Hall–Kier alpha value is -2.65. The van der Waals surface area contributed by atoms with Crippen molar-refractivity contribution in [1.82, 2.24) is 5.32 Å². The summed E-state index contributed by atoms with van der Waals surface area (Å²) in [4.78, 5) is 0. The molecule has 1 N–H and O–H groups in total. The van der Waals surface area contributed by atoms with Gasteiger partial charge in [0.15, 0.2) is 0 Å². The number of hydrogen-bond donors (Lipinski definition) is 1. The standard InChI is InChI=1S/C24H26FNO/c1-19(14-15-20-8-3-2-4-9-20)26-17-21-10-7-12-23(16-21)27-18-22-11-5-6-13-24(22)25/h2-13,16,19,26H,14-15,17-18H2,1H3/t19-/m0/s1. The Morgan fingerprint density at radius 1 is 0.889 bits per heavy atom. The zero-order valence-electron chi connectivity index (χ0n) is 15.7. The smallest absolute Gasteiger partial charge is 0.129 e. The summed E-state index contributed by atoms with van der Waals surface area (Å²) < 4.78 is 19.4. The van der Waals surface area contributed by atoms with Crippen LogP contribution in [0.25, 0.3) is 0 Å². The van der Waals surface area contributed by atoms with Gasteiger partial charge in [0.25, 0.3) is 0 Å². The van der Waals surface area contributed by atoms with Gasteiger partial charge in [0, 0.05) is 18.2 Å². The van der Waals surface area contributed by atoms with Crippen molar-refractivity contribution in [2.75, 3.05) is 0 Å². The van der Waals surface area contributed by atoms with Gasteiger partial charge < -0.3 is 10.1 Å². The van der Waals surface area contributed by atoms with Gasteiger partial charge in [-0.25, -0.2) is 4.39 Å². The fraction of sp³-hybridized carbons (Fsp3) is 0.250. The van der Waals surface area contributed by atoms with Crippen LogP contribution in [0.15, 0.2) is 78.9 Å². The van der Waals surface area contributed by atoms with Gasteiger partial charge in [-0.15, -0.1) is 0 Å². The van der Waals surface area contributed by atoms with Gasteiger partial charge in [-0.1, -0.05) is 60.7 Å². The molecule has 0 fully saturated rings. The molecule has 0 aromatic heterocycles. The fourth-order valence-corrected chi connectivity index (χ4v) is 2.94. The molecule has 27 heavy (non-hydrogen) atoms. The molecule has 0 saturated carbocycles. The summed E-state index contributed by atoms with van der Waals surface area (Å²) in [6.07, 6.45) is 2.16. The minimum atomic E-state index is -0.234. The lowest BCUT2D eigenvalue weighted by molar-refractivity contribution is 0.299. The van der Waals surface area contributed by atoms with Crippen LogP contribution in [0.4, 0.5) is 4.39 Å². The third-order valence-electron chi connectivity index (χ3n) is 4.61. The summed E-state index contributed by atoms with van der Waals surface area (Å²) in [5.74, 6) is 0.525. The van der Waals surface area contributed by atoms with Gasteiger partial charge in [-0.3, -0.25) is 0 Å². The van der Waals surface area contributed by atoms with Gasteiger partial charge in [0.05, 0.1) is 0 Å². The number of nitrogens with one attached hydrogen (secondary N) is 1. The van der Waals surface area contributed by atoms with Crippen LogP contribution in [0, 0.1) is 5.82 Å². The first-order valence-corrected chi connectivity index (χ1v) is 9.43. The largest absolute Gasteiger partial charge is 0.489 e. The zero-order valence-corrected chi connectivity index (χ0v) is 15.7. The second-order valence-electron chi connectivity index (χ2n) is 6.83.